The average Bonchev–Trinajstić information content (AvgIpc) is 3.63. The number of fused-ring (bicyclic) bond motifs is 5. The maximum atomic E-state index is 12.5. The number of carbonyl (C=O) groups excluding carboxylic acids is 6. The number of urea groups is 2. The van der Waals surface area contributed by atoms with Gasteiger partial charge in [-0.25, -0.2) is 9.59 Å². The van der Waals surface area contributed by atoms with Gasteiger partial charge in [-0.05, 0) is 24.3 Å². The summed E-state index contributed by atoms with van der Waals surface area (Å²) < 4.78 is 6.26. The molecule has 6 heterocycles. The van der Waals surface area contributed by atoms with Crippen LogP contribution in [0, 0.1) is 0 Å². The highest BCUT2D eigenvalue weighted by Crippen LogP contribution is 2.50. The van der Waals surface area contributed by atoms with Gasteiger partial charge >= 0.3 is 12.1 Å². The Morgan fingerprint density at radius 1 is 0.500 bits per heavy atom. The monoisotopic (exact) mass is 584 g/mol. The van der Waals surface area contributed by atoms with Gasteiger partial charge in [-0.3, -0.25) is 38.8 Å². The van der Waals surface area contributed by atoms with Crippen molar-refractivity contribution in [2.24, 2.45) is 0 Å². The molecule has 14 heteroatoms. The Labute approximate surface area is 230 Å². The van der Waals surface area contributed by atoms with Crippen molar-refractivity contribution >= 4 is 121 Å². The van der Waals surface area contributed by atoms with Crippen LogP contribution in [0.15, 0.2) is 23.3 Å². The van der Waals surface area contributed by atoms with Crippen molar-refractivity contribution in [1.82, 2.24) is 19.6 Å². The molecule has 4 aromatic rings. The van der Waals surface area contributed by atoms with Gasteiger partial charge in [0.05, 0.1) is 18.8 Å². The minimum absolute atomic E-state index is 0.0608. The molecule has 0 saturated carbocycles. The molecule has 2 aliphatic heterocycles. The maximum absolute atomic E-state index is 12.5. The molecule has 6 rings (SSSR count). The number of imide groups is 4. The minimum Gasteiger partial charge on any atom is -0.268 e. The van der Waals surface area contributed by atoms with Gasteiger partial charge in [0.15, 0.2) is 0 Å². The number of carbonyl (C=O) groups is 6. The van der Waals surface area contributed by atoms with E-state index in [1.54, 1.807) is 22.7 Å². The zero-order valence-corrected chi connectivity index (χ0v) is 23.4. The first-order valence-electron chi connectivity index (χ1n) is 11.0. The molecule has 2 saturated heterocycles. The number of amides is 8. The third-order valence-electron chi connectivity index (χ3n) is 6.34. The Morgan fingerprint density at radius 2 is 0.816 bits per heavy atom. The van der Waals surface area contributed by atoms with Gasteiger partial charge in [0.2, 0.25) is 0 Å². The Bertz CT molecular complexity index is 1680. The van der Waals surface area contributed by atoms with Crippen LogP contribution < -0.4 is 0 Å². The van der Waals surface area contributed by atoms with Gasteiger partial charge < -0.3 is 0 Å². The van der Waals surface area contributed by atoms with E-state index in [0.717, 1.165) is 57.6 Å². The minimum atomic E-state index is -0.663. The second-order valence-corrected chi connectivity index (χ2v) is 13.0. The van der Waals surface area contributed by atoms with Crippen LogP contribution in [0.3, 0.4) is 0 Å². The second kappa shape index (κ2) is 8.39. The van der Waals surface area contributed by atoms with Crippen LogP contribution in [0.5, 0.6) is 0 Å². The quantitative estimate of drug-likeness (QED) is 0.257. The molecule has 0 N–H and O–H groups in total. The molecule has 0 radical (unpaired) electrons. The molecule has 2 fully saturated rings. The van der Waals surface area contributed by atoms with Gasteiger partial charge in [-0.15, -0.1) is 45.3 Å². The lowest BCUT2D eigenvalue weighted by atomic mass is 10.1. The SMILES string of the molecule is CN1C(=O)C(=Cc2cc3sc4c5sc(C=C6C(=O)N(C)C(=O)N(C)C6=O)cc5sc4c3s2)C(=O)N(C)C1=O. The lowest BCUT2D eigenvalue weighted by Gasteiger charge is -2.28. The van der Waals surface area contributed by atoms with Crippen LogP contribution >= 0.6 is 45.3 Å². The number of barbiturate groups is 2. The fourth-order valence-electron chi connectivity index (χ4n) is 4.24. The van der Waals surface area contributed by atoms with Crippen LogP contribution in [-0.2, 0) is 19.2 Å². The molecule has 0 atom stereocenters. The van der Waals surface area contributed by atoms with E-state index in [0.29, 0.717) is 0 Å². The smallest absolute Gasteiger partial charge is 0.268 e. The third kappa shape index (κ3) is 3.41. The fraction of sp³-hybridized carbons (Fsp3) is 0.167. The summed E-state index contributed by atoms with van der Waals surface area (Å²) in [4.78, 5) is 79.3. The van der Waals surface area contributed by atoms with E-state index >= 15 is 0 Å². The summed E-state index contributed by atoms with van der Waals surface area (Å²) in [7, 11) is 5.38. The molecule has 2 aliphatic rings. The molecule has 8 amide bonds. The zero-order valence-electron chi connectivity index (χ0n) is 20.2. The molecule has 0 aliphatic carbocycles. The molecular formula is C24H16N4O6S4. The first-order chi connectivity index (χ1) is 18.0. The van der Waals surface area contributed by atoms with Crippen LogP contribution in [0.4, 0.5) is 9.59 Å². The van der Waals surface area contributed by atoms with Crippen LogP contribution in [0.25, 0.3) is 40.4 Å². The Kier molecular flexibility index (Phi) is 5.43. The third-order valence-corrected chi connectivity index (χ3v) is 11.5. The van der Waals surface area contributed by atoms with Crippen molar-refractivity contribution in [3.05, 3.63) is 33.0 Å². The molecule has 38 heavy (non-hydrogen) atoms. The molecule has 4 aromatic heterocycles. The number of likely N-dealkylation sites (N-methyl/N-ethyl adjacent to an activating group) is 4. The van der Waals surface area contributed by atoms with Crippen LogP contribution in [0.2, 0.25) is 0 Å². The van der Waals surface area contributed by atoms with E-state index in [9.17, 15) is 28.8 Å². The molecule has 0 spiro atoms. The number of nitrogens with zero attached hydrogens (tertiary/aromatic N) is 4. The largest absolute Gasteiger partial charge is 0.333 e. The van der Waals surface area contributed by atoms with Crippen LogP contribution in [0.1, 0.15) is 9.75 Å². The topological polar surface area (TPSA) is 115 Å². The predicted molar refractivity (Wildman–Crippen MR) is 148 cm³/mol. The van der Waals surface area contributed by atoms with Gasteiger partial charge in [0.25, 0.3) is 23.6 Å². The molecule has 192 valence electrons. The van der Waals surface area contributed by atoms with E-state index in [2.05, 4.69) is 0 Å². The molecule has 0 bridgehead atoms. The van der Waals surface area contributed by atoms with E-state index in [-0.39, 0.29) is 11.1 Å². The highest BCUT2D eigenvalue weighted by atomic mass is 32.1. The standard InChI is InChI=1S/C24H16N4O6S4/c1-25-19(29)11(20(30)26(2)23(25)33)5-9-7-13-15(35-9)17-18(37-13)16-14(38-17)8-10(36-16)6-12-21(31)27(3)24(34)28(4)22(12)32/h5-8H,1-4H3. The molecule has 0 aromatic carbocycles. The average molecular weight is 585 g/mol. The van der Waals surface area contributed by atoms with Gasteiger partial charge in [-0.2, -0.15) is 0 Å². The summed E-state index contributed by atoms with van der Waals surface area (Å²) in [5, 5.41) is 0. The zero-order chi connectivity index (χ0) is 27.2. The Morgan fingerprint density at radius 3 is 1.13 bits per heavy atom. The molecular weight excluding hydrogens is 569 g/mol. The molecule has 10 nitrogen and oxygen atoms in total. The van der Waals surface area contributed by atoms with Crippen molar-refractivity contribution < 1.29 is 28.8 Å². The maximum Gasteiger partial charge on any atom is 0.333 e. The number of hydrogen-bond acceptors (Lipinski definition) is 10. The predicted octanol–water partition coefficient (Wildman–Crippen LogP) is 4.26. The summed E-state index contributed by atoms with van der Waals surface area (Å²) in [6.07, 6.45) is 3.06. The van der Waals surface area contributed by atoms with Crippen molar-refractivity contribution in [2.75, 3.05) is 28.2 Å². The van der Waals surface area contributed by atoms with Crippen molar-refractivity contribution in [2.45, 2.75) is 0 Å². The highest BCUT2D eigenvalue weighted by molar-refractivity contribution is 7.44. The lowest BCUT2D eigenvalue weighted by molar-refractivity contribution is -0.135. The number of rotatable bonds is 2. The number of hydrogen-bond donors (Lipinski definition) is 0. The summed E-state index contributed by atoms with van der Waals surface area (Å²) in [5.41, 5.74) is -0.122. The van der Waals surface area contributed by atoms with E-state index in [1.165, 1.54) is 63.0 Å². The van der Waals surface area contributed by atoms with Crippen molar-refractivity contribution in [3.8, 4) is 0 Å². The van der Waals surface area contributed by atoms with E-state index in [4.69, 9.17) is 0 Å². The summed E-state index contributed by atoms with van der Waals surface area (Å²) in [6.45, 7) is 0. The van der Waals surface area contributed by atoms with Gasteiger partial charge in [0.1, 0.15) is 11.1 Å². The van der Waals surface area contributed by atoms with Gasteiger partial charge in [0, 0.05) is 47.3 Å². The first kappa shape index (κ1) is 24.6. The van der Waals surface area contributed by atoms with Crippen molar-refractivity contribution in [3.63, 3.8) is 0 Å². The normalized spacial score (nSPS) is 17.5. The first-order valence-corrected chi connectivity index (χ1v) is 14.3. The lowest BCUT2D eigenvalue weighted by Crippen LogP contribution is -2.52. The van der Waals surface area contributed by atoms with E-state index < -0.39 is 35.7 Å². The highest BCUT2D eigenvalue weighted by Gasteiger charge is 2.39. The summed E-state index contributed by atoms with van der Waals surface area (Å²) >= 11 is 6.10. The van der Waals surface area contributed by atoms with Crippen LogP contribution in [-0.4, -0.2) is 83.5 Å². The summed E-state index contributed by atoms with van der Waals surface area (Å²) in [5.74, 6) is -2.52. The fourth-order valence-corrected chi connectivity index (χ4v) is 9.78. The Balaban J connectivity index is 1.37. The van der Waals surface area contributed by atoms with E-state index in [1.807, 2.05) is 12.1 Å². The molecule has 0 unspecified atom stereocenters. The summed E-state index contributed by atoms with van der Waals surface area (Å²) in [6, 6.07) is 2.52. The van der Waals surface area contributed by atoms with Crippen molar-refractivity contribution in [1.29, 1.82) is 0 Å². The number of thiophene rings is 4. The Hall–Kier alpha value is -3.72. The second-order valence-electron chi connectivity index (χ2n) is 8.68. The van der Waals surface area contributed by atoms with Gasteiger partial charge in [-0.1, -0.05) is 0 Å².